The van der Waals surface area contributed by atoms with E-state index in [4.69, 9.17) is 13.8 Å². The summed E-state index contributed by atoms with van der Waals surface area (Å²) >= 11 is 4.54. The van der Waals surface area contributed by atoms with E-state index in [1.165, 1.54) is 78.2 Å². The Labute approximate surface area is 240 Å². The smallest absolute Gasteiger partial charge is 0.405 e. The molecule has 0 aliphatic carbocycles. The van der Waals surface area contributed by atoms with Crippen molar-refractivity contribution in [1.29, 1.82) is 0 Å². The summed E-state index contributed by atoms with van der Waals surface area (Å²) in [6.07, 6.45) is 0.198. The van der Waals surface area contributed by atoms with Crippen LogP contribution in [0.4, 0.5) is 8.78 Å². The monoisotopic (exact) mass is 643 g/mol. The molecule has 0 N–H and O–H groups in total. The molecule has 2 aromatic carbocycles. The first-order valence-electron chi connectivity index (χ1n) is 12.2. The SMILES string of the molecule is COc1csc(C(Cc2ccc(C(F)(F)P(=O)(OC(C)(C)C)OC(C)(C)C)c(Br)c2)C(=O)c2ccccc2)n1. The van der Waals surface area contributed by atoms with Gasteiger partial charge in [-0.15, -0.1) is 11.3 Å². The molecule has 212 valence electrons. The molecule has 0 radical (unpaired) electrons. The van der Waals surface area contributed by atoms with Gasteiger partial charge in [0, 0.05) is 15.6 Å². The summed E-state index contributed by atoms with van der Waals surface area (Å²) < 4.78 is 61.6. The second kappa shape index (κ2) is 11.9. The van der Waals surface area contributed by atoms with Crippen molar-refractivity contribution in [3.05, 3.63) is 80.1 Å². The fourth-order valence-corrected chi connectivity index (χ4v) is 7.68. The van der Waals surface area contributed by atoms with Crippen LogP contribution in [0.1, 0.15) is 74.0 Å². The lowest BCUT2D eigenvalue weighted by molar-refractivity contribution is -0.0216. The van der Waals surface area contributed by atoms with E-state index in [0.717, 1.165) is 0 Å². The predicted molar refractivity (Wildman–Crippen MR) is 153 cm³/mol. The quantitative estimate of drug-likeness (QED) is 0.162. The van der Waals surface area contributed by atoms with Crippen LogP contribution in [0.3, 0.4) is 0 Å². The van der Waals surface area contributed by atoms with Crippen molar-refractivity contribution in [3.63, 3.8) is 0 Å². The Bertz CT molecular complexity index is 1330. The number of benzene rings is 2. The lowest BCUT2D eigenvalue weighted by Gasteiger charge is -2.36. The summed E-state index contributed by atoms with van der Waals surface area (Å²) in [7, 11) is -3.51. The van der Waals surface area contributed by atoms with Gasteiger partial charge in [0.2, 0.25) is 5.88 Å². The molecule has 0 amide bonds. The number of hydrogen-bond donors (Lipinski definition) is 0. The molecule has 1 aromatic heterocycles. The highest BCUT2D eigenvalue weighted by Crippen LogP contribution is 2.70. The highest BCUT2D eigenvalue weighted by molar-refractivity contribution is 9.10. The van der Waals surface area contributed by atoms with Crippen LogP contribution in [-0.4, -0.2) is 29.1 Å². The zero-order chi connectivity index (χ0) is 29.2. The van der Waals surface area contributed by atoms with Crippen molar-refractivity contribution in [2.75, 3.05) is 7.11 Å². The van der Waals surface area contributed by atoms with Crippen LogP contribution < -0.4 is 4.74 Å². The maximum Gasteiger partial charge on any atom is 0.405 e. The molecule has 0 saturated heterocycles. The van der Waals surface area contributed by atoms with E-state index >= 15 is 8.78 Å². The lowest BCUT2D eigenvalue weighted by Crippen LogP contribution is -2.30. The number of methoxy groups -OCH3 is 1. The first-order chi connectivity index (χ1) is 18.0. The van der Waals surface area contributed by atoms with Crippen molar-refractivity contribution in [1.82, 2.24) is 4.98 Å². The van der Waals surface area contributed by atoms with E-state index in [1.807, 2.05) is 6.07 Å². The van der Waals surface area contributed by atoms with Gasteiger partial charge in [-0.1, -0.05) is 58.4 Å². The average Bonchev–Trinajstić information content (AvgIpc) is 3.29. The van der Waals surface area contributed by atoms with Crippen LogP contribution in [0.25, 0.3) is 0 Å². The number of ketones is 1. The first kappa shape index (κ1) is 31.6. The summed E-state index contributed by atoms with van der Waals surface area (Å²) in [6.45, 7) is 9.23. The number of carbonyl (C=O) groups excluding carboxylic acids is 1. The van der Waals surface area contributed by atoms with Crippen LogP contribution in [0.5, 0.6) is 5.88 Å². The van der Waals surface area contributed by atoms with E-state index < -0.39 is 35.9 Å². The second-order valence-corrected chi connectivity index (χ2v) is 14.6. The average molecular weight is 645 g/mol. The van der Waals surface area contributed by atoms with E-state index in [0.29, 0.717) is 22.0 Å². The molecule has 1 heterocycles. The standard InChI is InChI=1S/C28H33BrF2NO5PS/c1-26(2,3)36-38(34,37-27(4,5)6)28(30,31)21-14-13-18(16-22(21)29)15-20(25-32-23(35-7)17-39-25)24(33)19-11-9-8-10-12-19/h8-14,16-17,20H,15H2,1-7H3. The maximum atomic E-state index is 16.0. The normalized spacial score (nSPS) is 13.8. The molecule has 11 heteroatoms. The van der Waals surface area contributed by atoms with E-state index in [1.54, 1.807) is 29.6 Å². The lowest BCUT2D eigenvalue weighted by atomic mass is 9.91. The Hall–Kier alpha value is -1.97. The molecule has 3 rings (SSSR count). The van der Waals surface area contributed by atoms with Gasteiger partial charge >= 0.3 is 13.3 Å². The largest absolute Gasteiger partial charge is 0.480 e. The van der Waals surface area contributed by atoms with Gasteiger partial charge in [-0.2, -0.15) is 8.78 Å². The second-order valence-electron chi connectivity index (χ2n) is 11.0. The summed E-state index contributed by atoms with van der Waals surface area (Å²) in [5.41, 5.74) is -5.70. The Morgan fingerprint density at radius 3 is 2.10 bits per heavy atom. The van der Waals surface area contributed by atoms with E-state index in [9.17, 15) is 9.36 Å². The molecule has 0 bridgehead atoms. The minimum Gasteiger partial charge on any atom is -0.480 e. The third-order valence-electron chi connectivity index (χ3n) is 5.31. The molecule has 6 nitrogen and oxygen atoms in total. The molecule has 3 aromatic rings. The molecule has 39 heavy (non-hydrogen) atoms. The molecule has 1 atom stereocenters. The maximum absolute atomic E-state index is 16.0. The van der Waals surface area contributed by atoms with Crippen molar-refractivity contribution < 1.29 is 31.9 Å². The summed E-state index contributed by atoms with van der Waals surface area (Å²) in [4.78, 5) is 17.9. The van der Waals surface area contributed by atoms with E-state index in [-0.39, 0.29) is 16.7 Å². The number of alkyl halides is 2. The van der Waals surface area contributed by atoms with Gasteiger partial charge < -0.3 is 4.74 Å². The number of thiazole rings is 1. The van der Waals surface area contributed by atoms with Gasteiger partial charge in [-0.05, 0) is 59.6 Å². The zero-order valence-corrected chi connectivity index (χ0v) is 26.3. The van der Waals surface area contributed by atoms with Crippen molar-refractivity contribution in [2.45, 2.75) is 70.7 Å². The minimum absolute atomic E-state index is 0.0165. The molecular formula is C28H33BrF2NO5PS. The fraction of sp³-hybridized carbons (Fsp3) is 0.429. The Balaban J connectivity index is 2.00. The number of ether oxygens (including phenoxy) is 1. The third-order valence-corrected chi connectivity index (χ3v) is 9.41. The Morgan fingerprint density at radius 2 is 1.62 bits per heavy atom. The van der Waals surface area contributed by atoms with Crippen LogP contribution in [-0.2, 0) is 25.7 Å². The van der Waals surface area contributed by atoms with Crippen LogP contribution in [0.15, 0.2) is 58.4 Å². The van der Waals surface area contributed by atoms with Gasteiger partial charge in [-0.3, -0.25) is 18.4 Å². The number of Topliss-reactive ketones (excluding diaryl/α,β-unsaturated/α-hetero) is 1. The Morgan fingerprint density at radius 1 is 1.03 bits per heavy atom. The third kappa shape index (κ3) is 7.82. The molecule has 0 spiro atoms. The summed E-state index contributed by atoms with van der Waals surface area (Å²) in [5, 5.41) is 2.26. The van der Waals surface area contributed by atoms with Gasteiger partial charge in [0.1, 0.15) is 5.01 Å². The van der Waals surface area contributed by atoms with E-state index in [2.05, 4.69) is 20.9 Å². The predicted octanol–water partition coefficient (Wildman–Crippen LogP) is 9.00. The topological polar surface area (TPSA) is 74.7 Å². The number of halogens is 3. The highest BCUT2D eigenvalue weighted by Gasteiger charge is 2.59. The molecule has 0 aliphatic rings. The number of rotatable bonds is 10. The Kier molecular flexibility index (Phi) is 9.60. The molecular weight excluding hydrogens is 611 g/mol. The summed E-state index contributed by atoms with van der Waals surface area (Å²) in [5.74, 6) is -0.427. The molecule has 1 unspecified atom stereocenters. The highest BCUT2D eigenvalue weighted by atomic mass is 79.9. The van der Waals surface area contributed by atoms with Gasteiger partial charge in [0.05, 0.1) is 29.6 Å². The van der Waals surface area contributed by atoms with Crippen LogP contribution in [0, 0.1) is 0 Å². The van der Waals surface area contributed by atoms with Gasteiger partial charge in [0.15, 0.2) is 5.78 Å². The minimum atomic E-state index is -5.00. The molecule has 0 saturated carbocycles. The fourth-order valence-electron chi connectivity index (χ4n) is 3.79. The number of nitrogens with zero attached hydrogens (tertiary/aromatic N) is 1. The van der Waals surface area contributed by atoms with Crippen molar-refractivity contribution in [2.24, 2.45) is 0 Å². The van der Waals surface area contributed by atoms with Gasteiger partial charge in [-0.25, -0.2) is 4.98 Å². The zero-order valence-electron chi connectivity index (χ0n) is 23.0. The number of hydrogen-bond acceptors (Lipinski definition) is 7. The molecule has 0 fully saturated rings. The van der Waals surface area contributed by atoms with Crippen LogP contribution in [0.2, 0.25) is 0 Å². The van der Waals surface area contributed by atoms with Crippen molar-refractivity contribution in [3.8, 4) is 5.88 Å². The first-order valence-corrected chi connectivity index (χ1v) is 15.4. The number of carbonyl (C=O) groups is 1. The summed E-state index contributed by atoms with van der Waals surface area (Å²) in [6, 6.07) is 13.0. The number of aromatic nitrogens is 1. The van der Waals surface area contributed by atoms with Crippen molar-refractivity contribution >= 4 is 40.6 Å². The van der Waals surface area contributed by atoms with Gasteiger partial charge in [0.25, 0.3) is 0 Å². The van der Waals surface area contributed by atoms with Crippen LogP contribution >= 0.6 is 34.9 Å². The molecule has 0 aliphatic heterocycles.